The Hall–Kier alpha value is -2.44. The van der Waals surface area contributed by atoms with Gasteiger partial charge < -0.3 is 10.2 Å². The van der Waals surface area contributed by atoms with Gasteiger partial charge in [-0.05, 0) is 32.8 Å². The molecule has 1 N–H and O–H groups in total. The molecule has 1 aliphatic heterocycles. The quantitative estimate of drug-likeness (QED) is 0.922. The molecule has 0 saturated carbocycles. The first kappa shape index (κ1) is 15.5. The summed E-state index contributed by atoms with van der Waals surface area (Å²) in [5.74, 6) is 0.797. The topological polar surface area (TPSA) is 75.9 Å². The van der Waals surface area contributed by atoms with E-state index in [0.29, 0.717) is 5.69 Å². The van der Waals surface area contributed by atoms with Crippen LogP contribution >= 0.6 is 0 Å². The summed E-state index contributed by atoms with van der Waals surface area (Å²) in [4.78, 5) is 23.5. The van der Waals surface area contributed by atoms with Gasteiger partial charge in [0, 0.05) is 38.6 Å². The lowest BCUT2D eigenvalue weighted by Crippen LogP contribution is -2.48. The molecule has 7 heteroatoms. The van der Waals surface area contributed by atoms with Crippen molar-refractivity contribution in [3.8, 4) is 0 Å². The van der Waals surface area contributed by atoms with E-state index < -0.39 is 0 Å². The average molecular weight is 314 g/mol. The molecule has 3 rings (SSSR count). The van der Waals surface area contributed by atoms with E-state index in [2.05, 4.69) is 25.3 Å². The number of piperidine rings is 1. The largest absolute Gasteiger partial charge is 0.353 e. The van der Waals surface area contributed by atoms with Crippen LogP contribution in [0.1, 0.15) is 34.7 Å². The van der Waals surface area contributed by atoms with E-state index >= 15 is 0 Å². The lowest BCUT2D eigenvalue weighted by Gasteiger charge is -2.34. The molecule has 1 atom stereocenters. The number of aryl methyl sites for hydroxylation is 3. The Morgan fingerprint density at radius 1 is 1.39 bits per heavy atom. The molecular weight excluding hydrogens is 292 g/mol. The molecule has 1 unspecified atom stereocenters. The van der Waals surface area contributed by atoms with Crippen molar-refractivity contribution in [1.29, 1.82) is 0 Å². The summed E-state index contributed by atoms with van der Waals surface area (Å²) in [5, 5.41) is 7.23. The maximum Gasteiger partial charge on any atom is 0.272 e. The minimum absolute atomic E-state index is 0.0972. The fourth-order valence-corrected chi connectivity index (χ4v) is 2.91. The van der Waals surface area contributed by atoms with Gasteiger partial charge in [0.25, 0.3) is 5.91 Å². The highest BCUT2D eigenvalue weighted by Crippen LogP contribution is 2.20. The molecule has 23 heavy (non-hydrogen) atoms. The van der Waals surface area contributed by atoms with Crippen molar-refractivity contribution >= 4 is 11.7 Å². The summed E-state index contributed by atoms with van der Waals surface area (Å²) in [5.41, 5.74) is 2.29. The second kappa shape index (κ2) is 6.36. The van der Waals surface area contributed by atoms with Gasteiger partial charge in [0.05, 0.1) is 11.4 Å². The first-order valence-electron chi connectivity index (χ1n) is 7.88. The van der Waals surface area contributed by atoms with E-state index in [-0.39, 0.29) is 11.9 Å². The van der Waals surface area contributed by atoms with Gasteiger partial charge in [-0.3, -0.25) is 14.5 Å². The number of hydrogen-bond acceptors (Lipinski definition) is 5. The number of aromatic nitrogens is 4. The molecule has 0 aromatic carbocycles. The molecule has 0 spiro atoms. The summed E-state index contributed by atoms with van der Waals surface area (Å²) < 4.78 is 1.63. The van der Waals surface area contributed by atoms with Crippen molar-refractivity contribution in [3.05, 3.63) is 35.5 Å². The van der Waals surface area contributed by atoms with Gasteiger partial charge >= 0.3 is 0 Å². The molecule has 7 nitrogen and oxygen atoms in total. The molecule has 1 saturated heterocycles. The number of carbonyl (C=O) groups is 1. The molecule has 0 aliphatic carbocycles. The van der Waals surface area contributed by atoms with Gasteiger partial charge in [-0.15, -0.1) is 0 Å². The van der Waals surface area contributed by atoms with Crippen molar-refractivity contribution in [2.75, 3.05) is 18.0 Å². The molecule has 1 aliphatic rings. The van der Waals surface area contributed by atoms with Crippen LogP contribution in [0.3, 0.4) is 0 Å². The van der Waals surface area contributed by atoms with Crippen molar-refractivity contribution < 1.29 is 4.79 Å². The number of carbonyl (C=O) groups excluding carboxylic acids is 1. The number of rotatable bonds is 3. The number of amides is 1. The summed E-state index contributed by atoms with van der Waals surface area (Å²) in [6, 6.07) is 1.83. The van der Waals surface area contributed by atoms with E-state index in [1.54, 1.807) is 30.2 Å². The van der Waals surface area contributed by atoms with Gasteiger partial charge in [0.15, 0.2) is 0 Å². The Kier molecular flexibility index (Phi) is 4.27. The van der Waals surface area contributed by atoms with Crippen LogP contribution in [0.5, 0.6) is 0 Å². The molecule has 2 aromatic rings. The molecule has 0 bridgehead atoms. The van der Waals surface area contributed by atoms with Crippen molar-refractivity contribution in [2.24, 2.45) is 7.05 Å². The van der Waals surface area contributed by atoms with Crippen LogP contribution in [0.2, 0.25) is 0 Å². The molecule has 122 valence electrons. The molecule has 1 fully saturated rings. The lowest BCUT2D eigenvalue weighted by molar-refractivity contribution is 0.0927. The fraction of sp³-hybridized carbons (Fsp3) is 0.500. The van der Waals surface area contributed by atoms with E-state index in [4.69, 9.17) is 0 Å². The third-order valence-electron chi connectivity index (χ3n) is 4.05. The summed E-state index contributed by atoms with van der Waals surface area (Å²) in [6.07, 6.45) is 5.53. The van der Waals surface area contributed by atoms with Crippen LogP contribution in [0.4, 0.5) is 5.82 Å². The van der Waals surface area contributed by atoms with Gasteiger partial charge in [-0.25, -0.2) is 4.98 Å². The molecule has 2 aromatic heterocycles. The highest BCUT2D eigenvalue weighted by atomic mass is 16.2. The average Bonchev–Trinajstić information content (AvgIpc) is 2.97. The Morgan fingerprint density at radius 2 is 2.22 bits per heavy atom. The first-order valence-corrected chi connectivity index (χ1v) is 7.88. The summed E-state index contributed by atoms with van der Waals surface area (Å²) in [6.45, 7) is 5.60. The Balaban J connectivity index is 1.68. The first-order chi connectivity index (χ1) is 11.0. The number of nitrogens with one attached hydrogen (secondary N) is 1. The lowest BCUT2D eigenvalue weighted by atomic mass is 10.1. The summed E-state index contributed by atoms with van der Waals surface area (Å²) in [7, 11) is 1.80. The normalized spacial score (nSPS) is 18.0. The molecule has 3 heterocycles. The Morgan fingerprint density at radius 3 is 2.96 bits per heavy atom. The smallest absolute Gasteiger partial charge is 0.272 e. The van der Waals surface area contributed by atoms with Gasteiger partial charge in [0.2, 0.25) is 0 Å². The monoisotopic (exact) mass is 314 g/mol. The van der Waals surface area contributed by atoms with Crippen molar-refractivity contribution in [1.82, 2.24) is 25.1 Å². The summed E-state index contributed by atoms with van der Waals surface area (Å²) >= 11 is 0. The highest BCUT2D eigenvalue weighted by Gasteiger charge is 2.24. The molecule has 0 radical (unpaired) electrons. The van der Waals surface area contributed by atoms with Crippen LogP contribution in [0.25, 0.3) is 0 Å². The van der Waals surface area contributed by atoms with Gasteiger partial charge in [-0.1, -0.05) is 0 Å². The van der Waals surface area contributed by atoms with Crippen LogP contribution in [0.15, 0.2) is 18.5 Å². The van der Waals surface area contributed by atoms with Gasteiger partial charge in [-0.2, -0.15) is 5.10 Å². The van der Waals surface area contributed by atoms with E-state index in [1.165, 1.54) is 0 Å². The van der Waals surface area contributed by atoms with Crippen LogP contribution < -0.4 is 10.2 Å². The van der Waals surface area contributed by atoms with Crippen LogP contribution in [-0.2, 0) is 7.05 Å². The zero-order valence-electron chi connectivity index (χ0n) is 13.8. The Bertz CT molecular complexity index is 710. The van der Waals surface area contributed by atoms with E-state index in [1.807, 2.05) is 13.8 Å². The zero-order chi connectivity index (χ0) is 16.4. The highest BCUT2D eigenvalue weighted by molar-refractivity contribution is 5.92. The molecular formula is C16H22N6O. The van der Waals surface area contributed by atoms with Crippen LogP contribution in [0, 0.1) is 13.8 Å². The second-order valence-corrected chi connectivity index (χ2v) is 6.05. The third-order valence-corrected chi connectivity index (χ3v) is 4.05. The maximum atomic E-state index is 12.3. The molecule has 1 amide bonds. The second-order valence-electron chi connectivity index (χ2n) is 6.05. The maximum absolute atomic E-state index is 12.3. The minimum Gasteiger partial charge on any atom is -0.353 e. The third kappa shape index (κ3) is 3.49. The standard InChI is InChI=1S/C16H22N6O/c1-11-9-17-12(2)15(18-11)22-7-4-5-13(10-22)19-16(23)14-6-8-21(3)20-14/h6,8-9,13H,4-5,7,10H2,1-3H3,(H,19,23). The van der Waals surface area contributed by atoms with E-state index in [0.717, 1.165) is 43.1 Å². The zero-order valence-corrected chi connectivity index (χ0v) is 13.8. The van der Waals surface area contributed by atoms with Gasteiger partial charge in [0.1, 0.15) is 11.5 Å². The SMILES string of the molecule is Cc1cnc(C)c(N2CCCC(NC(=O)c3ccn(C)n3)C2)n1. The number of anilines is 1. The van der Waals surface area contributed by atoms with Crippen LogP contribution in [-0.4, -0.2) is 44.8 Å². The fourth-order valence-electron chi connectivity index (χ4n) is 2.91. The predicted molar refractivity (Wildman–Crippen MR) is 87.4 cm³/mol. The predicted octanol–water partition coefficient (Wildman–Crippen LogP) is 1.23. The number of nitrogens with zero attached hydrogens (tertiary/aromatic N) is 5. The van der Waals surface area contributed by atoms with Crippen molar-refractivity contribution in [3.63, 3.8) is 0 Å². The Labute approximate surface area is 135 Å². The minimum atomic E-state index is -0.121. The van der Waals surface area contributed by atoms with E-state index in [9.17, 15) is 4.79 Å². The number of hydrogen-bond donors (Lipinski definition) is 1. The van der Waals surface area contributed by atoms with Crippen molar-refractivity contribution in [2.45, 2.75) is 32.7 Å².